The van der Waals surface area contributed by atoms with Crippen LogP contribution < -0.4 is 31.4 Å². The number of benzene rings is 1. The summed E-state index contributed by atoms with van der Waals surface area (Å²) in [5, 5.41) is 14.7. The van der Waals surface area contributed by atoms with Gasteiger partial charge in [0.15, 0.2) is 0 Å². The number of hydrogen-bond acceptors (Lipinski definition) is 8. The van der Waals surface area contributed by atoms with E-state index in [0.29, 0.717) is 36.1 Å². The highest BCUT2D eigenvalue weighted by atomic mass is 32.2. The van der Waals surface area contributed by atoms with Crippen LogP contribution in [0.2, 0.25) is 0 Å². The van der Waals surface area contributed by atoms with Crippen LogP contribution in [0.25, 0.3) is 0 Å². The molecule has 4 rings (SSSR count). The summed E-state index contributed by atoms with van der Waals surface area (Å²) in [6.07, 6.45) is 3.10. The van der Waals surface area contributed by atoms with Crippen molar-refractivity contribution >= 4 is 40.6 Å². The number of fused-ring (bicyclic) bond motifs is 1. The van der Waals surface area contributed by atoms with Crippen molar-refractivity contribution in [3.63, 3.8) is 0 Å². The van der Waals surface area contributed by atoms with E-state index >= 15 is 0 Å². The summed E-state index contributed by atoms with van der Waals surface area (Å²) >= 11 is 1.11. The van der Waals surface area contributed by atoms with Crippen LogP contribution in [0.4, 0.5) is 22.7 Å². The molecule has 9 nitrogen and oxygen atoms in total. The van der Waals surface area contributed by atoms with E-state index in [1.54, 1.807) is 36.5 Å². The Morgan fingerprint density at radius 3 is 2.80 bits per heavy atom. The third kappa shape index (κ3) is 3.95. The Balaban J connectivity index is 1.63. The van der Waals surface area contributed by atoms with Crippen LogP contribution in [0.15, 0.2) is 52.4 Å². The smallest absolute Gasteiger partial charge is 0.263 e. The minimum absolute atomic E-state index is 0.0314. The van der Waals surface area contributed by atoms with Gasteiger partial charge in [-0.3, -0.25) is 14.7 Å². The number of anilines is 4. The van der Waals surface area contributed by atoms with Crippen LogP contribution in [-0.2, 0) is 0 Å². The normalized spacial score (nSPS) is 12.3. The van der Waals surface area contributed by atoms with Crippen molar-refractivity contribution in [2.75, 3.05) is 29.1 Å². The molecule has 0 radical (unpaired) electrons. The minimum atomic E-state index is -0.530. The van der Waals surface area contributed by atoms with Crippen molar-refractivity contribution in [3.8, 4) is 5.88 Å². The number of nitrogens with zero attached hydrogens (tertiary/aromatic N) is 1. The monoisotopic (exact) mass is 424 g/mol. The summed E-state index contributed by atoms with van der Waals surface area (Å²) in [4.78, 5) is 33.0. The third-order valence-corrected chi connectivity index (χ3v) is 5.20. The van der Waals surface area contributed by atoms with Gasteiger partial charge in [0.25, 0.3) is 11.5 Å². The Bertz CT molecular complexity index is 1150. The first-order valence-electron chi connectivity index (χ1n) is 9.20. The average Bonchev–Trinajstić information content (AvgIpc) is 2.76. The molecular weight excluding hydrogens is 404 g/mol. The number of aromatic amines is 1. The van der Waals surface area contributed by atoms with Gasteiger partial charge in [-0.1, -0.05) is 0 Å². The molecule has 10 heteroatoms. The van der Waals surface area contributed by atoms with Gasteiger partial charge in [-0.15, -0.1) is 0 Å². The molecule has 0 aliphatic carbocycles. The van der Waals surface area contributed by atoms with E-state index in [-0.39, 0.29) is 5.56 Å². The Morgan fingerprint density at radius 2 is 2.03 bits per heavy atom. The fourth-order valence-corrected chi connectivity index (χ4v) is 3.40. The lowest BCUT2D eigenvalue weighted by molar-refractivity contribution is 0.102. The molecule has 1 aromatic carbocycles. The molecule has 0 bridgehead atoms. The van der Waals surface area contributed by atoms with Gasteiger partial charge in [0.05, 0.1) is 17.6 Å². The van der Waals surface area contributed by atoms with Crippen LogP contribution in [0.1, 0.15) is 15.9 Å². The van der Waals surface area contributed by atoms with Gasteiger partial charge in [-0.2, -0.15) is 0 Å². The van der Waals surface area contributed by atoms with Crippen molar-refractivity contribution < 1.29 is 9.53 Å². The zero-order valence-electron chi connectivity index (χ0n) is 16.1. The fraction of sp³-hybridized carbons (Fsp3) is 0.150. The van der Waals surface area contributed by atoms with E-state index in [9.17, 15) is 9.59 Å². The first-order valence-corrected chi connectivity index (χ1v) is 10.1. The summed E-state index contributed by atoms with van der Waals surface area (Å²) in [6.45, 7) is 3.14. The van der Waals surface area contributed by atoms with Crippen LogP contribution in [0.3, 0.4) is 0 Å². The minimum Gasteiger partial charge on any atom is -0.474 e. The van der Waals surface area contributed by atoms with E-state index in [4.69, 9.17) is 9.88 Å². The van der Waals surface area contributed by atoms with E-state index in [1.807, 2.05) is 6.92 Å². The summed E-state index contributed by atoms with van der Waals surface area (Å²) in [5.41, 5.74) is 2.72. The number of nitrogens with two attached hydrogens (primary N) is 1. The average molecular weight is 424 g/mol. The van der Waals surface area contributed by atoms with E-state index in [1.165, 1.54) is 6.20 Å². The largest absolute Gasteiger partial charge is 0.474 e. The highest BCUT2D eigenvalue weighted by Crippen LogP contribution is 2.34. The van der Waals surface area contributed by atoms with Crippen LogP contribution in [-0.4, -0.2) is 29.0 Å². The SMILES string of the molecule is Cc1c(Nc2cc[nH]c(=O)c2C(=O)Nc2ccc(SN)cc2)cnc2c1NCCO2. The maximum absolute atomic E-state index is 12.9. The first kappa shape index (κ1) is 19.8. The number of amides is 1. The molecule has 2 aromatic heterocycles. The Kier molecular flexibility index (Phi) is 5.59. The van der Waals surface area contributed by atoms with Crippen LogP contribution >= 0.6 is 11.9 Å². The zero-order chi connectivity index (χ0) is 21.1. The molecule has 3 heterocycles. The number of pyridine rings is 2. The first-order chi connectivity index (χ1) is 14.6. The number of nitrogens with one attached hydrogen (secondary N) is 4. The number of H-pyrrole nitrogens is 1. The van der Waals surface area contributed by atoms with Gasteiger partial charge < -0.3 is 25.7 Å². The van der Waals surface area contributed by atoms with Gasteiger partial charge in [0.1, 0.15) is 17.9 Å². The molecule has 0 atom stereocenters. The van der Waals surface area contributed by atoms with Gasteiger partial charge in [0, 0.05) is 28.9 Å². The lowest BCUT2D eigenvalue weighted by atomic mass is 10.1. The number of ether oxygens (including phenoxy) is 1. The molecule has 1 aliphatic heterocycles. The number of aromatic nitrogens is 2. The van der Waals surface area contributed by atoms with E-state index in [2.05, 4.69) is 25.9 Å². The Labute approximate surface area is 176 Å². The number of carbonyl (C=O) groups excluding carboxylic acids is 1. The second-order valence-electron chi connectivity index (χ2n) is 6.57. The topological polar surface area (TPSA) is 134 Å². The van der Waals surface area contributed by atoms with Gasteiger partial charge in [-0.05, 0) is 49.2 Å². The summed E-state index contributed by atoms with van der Waals surface area (Å²) in [6, 6.07) is 8.64. The maximum atomic E-state index is 12.9. The van der Waals surface area contributed by atoms with E-state index < -0.39 is 11.5 Å². The van der Waals surface area contributed by atoms with Gasteiger partial charge >= 0.3 is 0 Å². The predicted molar refractivity (Wildman–Crippen MR) is 118 cm³/mol. The number of rotatable bonds is 5. The van der Waals surface area contributed by atoms with Gasteiger partial charge in [0.2, 0.25) is 5.88 Å². The molecule has 1 amide bonds. The van der Waals surface area contributed by atoms with Crippen molar-refractivity contribution in [2.45, 2.75) is 11.8 Å². The molecule has 30 heavy (non-hydrogen) atoms. The molecule has 154 valence electrons. The van der Waals surface area contributed by atoms with Crippen molar-refractivity contribution in [1.29, 1.82) is 0 Å². The lowest BCUT2D eigenvalue weighted by Gasteiger charge is -2.22. The Morgan fingerprint density at radius 1 is 1.23 bits per heavy atom. The number of hydrogen-bond donors (Lipinski definition) is 5. The van der Waals surface area contributed by atoms with Gasteiger partial charge in [-0.25, -0.2) is 4.98 Å². The van der Waals surface area contributed by atoms with Crippen molar-refractivity contribution in [2.24, 2.45) is 5.14 Å². The molecule has 0 spiro atoms. The molecule has 0 unspecified atom stereocenters. The molecule has 6 N–H and O–H groups in total. The summed E-state index contributed by atoms with van der Waals surface area (Å²) in [5.74, 6) is 0.00444. The molecule has 0 saturated carbocycles. The number of carbonyl (C=O) groups is 1. The standard InChI is InChI=1S/C20H20N6O3S/c1-11-15(10-24-20-17(11)22-8-9-29-20)26-14-6-7-23-18(27)16(14)19(28)25-12-2-4-13(30-21)5-3-12/h2-7,10,22H,8-9,21H2,1H3,(H,25,28)(H2,23,26,27). The summed E-state index contributed by atoms with van der Waals surface area (Å²) in [7, 11) is 0. The van der Waals surface area contributed by atoms with Crippen molar-refractivity contribution in [3.05, 3.63) is 64.2 Å². The predicted octanol–water partition coefficient (Wildman–Crippen LogP) is 2.84. The molecule has 0 fully saturated rings. The Hall–Kier alpha value is -3.50. The quantitative estimate of drug-likeness (QED) is 0.395. The zero-order valence-corrected chi connectivity index (χ0v) is 16.9. The van der Waals surface area contributed by atoms with Crippen LogP contribution in [0, 0.1) is 6.92 Å². The molecule has 0 saturated heterocycles. The molecular formula is C20H20N6O3S. The maximum Gasteiger partial charge on any atom is 0.263 e. The van der Waals surface area contributed by atoms with E-state index in [0.717, 1.165) is 28.1 Å². The van der Waals surface area contributed by atoms with Crippen molar-refractivity contribution in [1.82, 2.24) is 9.97 Å². The lowest BCUT2D eigenvalue weighted by Crippen LogP contribution is -2.25. The fourth-order valence-electron chi connectivity index (χ4n) is 3.11. The second kappa shape index (κ2) is 8.47. The summed E-state index contributed by atoms with van der Waals surface area (Å²) < 4.78 is 5.54. The molecule has 1 aliphatic rings. The van der Waals surface area contributed by atoms with Crippen LogP contribution in [0.5, 0.6) is 5.88 Å². The second-order valence-corrected chi connectivity index (χ2v) is 7.28. The highest BCUT2D eigenvalue weighted by Gasteiger charge is 2.20. The highest BCUT2D eigenvalue weighted by molar-refractivity contribution is 7.97. The third-order valence-electron chi connectivity index (χ3n) is 4.65. The molecule has 3 aromatic rings.